The molecule has 0 aromatic heterocycles. The first-order valence-corrected chi connectivity index (χ1v) is 9.86. The van der Waals surface area contributed by atoms with E-state index in [-0.39, 0.29) is 17.1 Å². The summed E-state index contributed by atoms with van der Waals surface area (Å²) in [6.07, 6.45) is 2.30. The summed E-state index contributed by atoms with van der Waals surface area (Å²) in [6, 6.07) is 16.9. The Morgan fingerprint density at radius 2 is 1.66 bits per heavy atom. The number of carbonyl (C=O) groups excluding carboxylic acids is 2. The predicted octanol–water partition coefficient (Wildman–Crippen LogP) is 3.87. The summed E-state index contributed by atoms with van der Waals surface area (Å²) in [5, 5.41) is 22.8. The Balaban J connectivity index is 1.54. The van der Waals surface area contributed by atoms with E-state index in [0.29, 0.717) is 29.2 Å². The van der Waals surface area contributed by atoms with Gasteiger partial charge in [0.05, 0.1) is 23.9 Å². The third kappa shape index (κ3) is 6.09. The fourth-order valence-electron chi connectivity index (χ4n) is 2.63. The smallest absolute Gasteiger partial charge is 0.343 e. The average molecular weight is 434 g/mol. The number of hydrogen-bond acceptors (Lipinski definition) is 7. The number of esters is 1. The number of hydrogen-bond donors (Lipinski definition) is 3. The van der Waals surface area contributed by atoms with Gasteiger partial charge in [-0.15, -0.1) is 0 Å². The molecule has 0 atom stereocenters. The normalized spacial score (nSPS) is 10.7. The van der Waals surface area contributed by atoms with Gasteiger partial charge in [0.25, 0.3) is 5.91 Å². The summed E-state index contributed by atoms with van der Waals surface area (Å²) < 4.78 is 10.8. The summed E-state index contributed by atoms with van der Waals surface area (Å²) >= 11 is 0. The molecule has 164 valence electrons. The topological polar surface area (TPSA) is 117 Å². The molecule has 3 aromatic carbocycles. The molecule has 0 aliphatic carbocycles. The Labute approximate surface area is 184 Å². The lowest BCUT2D eigenvalue weighted by Gasteiger charge is -2.07. The Hall–Kier alpha value is -4.33. The maximum absolute atomic E-state index is 12.3. The van der Waals surface area contributed by atoms with Crippen LogP contribution >= 0.6 is 0 Å². The quantitative estimate of drug-likeness (QED) is 0.214. The molecule has 0 spiro atoms. The van der Waals surface area contributed by atoms with Gasteiger partial charge in [0.15, 0.2) is 0 Å². The largest absolute Gasteiger partial charge is 0.508 e. The van der Waals surface area contributed by atoms with Crippen molar-refractivity contribution in [2.24, 2.45) is 5.10 Å². The molecule has 0 aliphatic rings. The highest BCUT2D eigenvalue weighted by molar-refractivity contribution is 5.97. The predicted molar refractivity (Wildman–Crippen MR) is 118 cm³/mol. The van der Waals surface area contributed by atoms with Gasteiger partial charge in [-0.25, -0.2) is 10.2 Å². The number of nitrogens with zero attached hydrogens (tertiary/aromatic N) is 1. The van der Waals surface area contributed by atoms with E-state index in [4.69, 9.17) is 9.47 Å². The van der Waals surface area contributed by atoms with E-state index < -0.39 is 11.9 Å². The third-order valence-corrected chi connectivity index (χ3v) is 4.26. The lowest BCUT2D eigenvalue weighted by atomic mass is 10.2. The minimum atomic E-state index is -0.629. The number of ether oxygens (including phenoxy) is 2. The second-order valence-electron chi connectivity index (χ2n) is 6.73. The van der Waals surface area contributed by atoms with E-state index >= 15 is 0 Å². The van der Waals surface area contributed by atoms with E-state index in [1.54, 1.807) is 48.5 Å². The fraction of sp³-hybridized carbons (Fsp3) is 0.125. The molecular formula is C24H22N2O6. The molecule has 3 N–H and O–H groups in total. The zero-order valence-corrected chi connectivity index (χ0v) is 17.3. The number of carbonyl (C=O) groups is 2. The van der Waals surface area contributed by atoms with Gasteiger partial charge in [0.1, 0.15) is 23.0 Å². The SMILES string of the molecule is CCCOc1ccc(C(=O)Oc2ccc(/C=N\NC(=O)c3ccc(O)cc3O)cc2)cc1. The van der Waals surface area contributed by atoms with Crippen LogP contribution in [0.1, 0.15) is 39.6 Å². The second kappa shape index (κ2) is 10.6. The van der Waals surface area contributed by atoms with Crippen LogP contribution in [0.3, 0.4) is 0 Å². The van der Waals surface area contributed by atoms with Gasteiger partial charge in [-0.2, -0.15) is 5.10 Å². The summed E-state index contributed by atoms with van der Waals surface area (Å²) in [4.78, 5) is 24.3. The summed E-state index contributed by atoms with van der Waals surface area (Å²) in [7, 11) is 0. The van der Waals surface area contributed by atoms with Crippen molar-refractivity contribution in [3.63, 3.8) is 0 Å². The van der Waals surface area contributed by atoms with Gasteiger partial charge in [-0.05, 0) is 72.6 Å². The van der Waals surface area contributed by atoms with E-state index in [1.807, 2.05) is 6.92 Å². The molecule has 1 amide bonds. The maximum atomic E-state index is 12.3. The zero-order chi connectivity index (χ0) is 22.9. The van der Waals surface area contributed by atoms with Gasteiger partial charge < -0.3 is 19.7 Å². The van der Waals surface area contributed by atoms with Crippen molar-refractivity contribution in [1.82, 2.24) is 5.43 Å². The first kappa shape index (κ1) is 22.4. The standard InChI is InChI=1S/C24H22N2O6/c1-2-13-31-19-10-5-17(6-11-19)24(30)32-20-8-3-16(4-9-20)15-25-26-23(29)21-12-7-18(27)14-22(21)28/h3-12,14-15,27-28H,2,13H2,1H3,(H,26,29)/b25-15-. The molecule has 3 rings (SSSR count). The molecule has 0 unspecified atom stereocenters. The van der Waals surface area contributed by atoms with Crippen LogP contribution < -0.4 is 14.9 Å². The van der Waals surface area contributed by atoms with Crippen molar-refractivity contribution < 1.29 is 29.3 Å². The fourth-order valence-corrected chi connectivity index (χ4v) is 2.63. The molecule has 32 heavy (non-hydrogen) atoms. The van der Waals surface area contributed by atoms with Gasteiger partial charge in [0, 0.05) is 6.07 Å². The highest BCUT2D eigenvalue weighted by Crippen LogP contribution is 2.22. The number of amides is 1. The molecule has 3 aromatic rings. The van der Waals surface area contributed by atoms with E-state index in [2.05, 4.69) is 10.5 Å². The number of aromatic hydroxyl groups is 2. The van der Waals surface area contributed by atoms with Crippen LogP contribution in [0.15, 0.2) is 71.8 Å². The van der Waals surface area contributed by atoms with Gasteiger partial charge >= 0.3 is 5.97 Å². The highest BCUT2D eigenvalue weighted by Gasteiger charge is 2.11. The Bertz CT molecular complexity index is 1110. The first-order valence-electron chi connectivity index (χ1n) is 9.86. The lowest BCUT2D eigenvalue weighted by molar-refractivity contribution is 0.0734. The molecule has 0 saturated carbocycles. The number of rotatable bonds is 8. The number of phenolic OH excluding ortho intramolecular Hbond substituents is 2. The van der Waals surface area contributed by atoms with Crippen LogP contribution in [0.4, 0.5) is 0 Å². The number of hydrazone groups is 1. The summed E-state index contributed by atoms with van der Waals surface area (Å²) in [5.41, 5.74) is 3.32. The molecule has 0 saturated heterocycles. The molecule has 8 heteroatoms. The van der Waals surface area contributed by atoms with Crippen LogP contribution in [-0.4, -0.2) is 34.9 Å². The third-order valence-electron chi connectivity index (χ3n) is 4.26. The Morgan fingerprint density at radius 3 is 2.31 bits per heavy atom. The van der Waals surface area contributed by atoms with Crippen LogP contribution in [0.2, 0.25) is 0 Å². The molecular weight excluding hydrogens is 412 g/mol. The molecule has 8 nitrogen and oxygen atoms in total. The highest BCUT2D eigenvalue weighted by atomic mass is 16.5. The van der Waals surface area contributed by atoms with Crippen molar-refractivity contribution in [2.45, 2.75) is 13.3 Å². The van der Waals surface area contributed by atoms with Crippen LogP contribution in [-0.2, 0) is 0 Å². The molecule has 0 fully saturated rings. The van der Waals surface area contributed by atoms with E-state index in [1.165, 1.54) is 18.3 Å². The second-order valence-corrected chi connectivity index (χ2v) is 6.73. The van der Waals surface area contributed by atoms with Crippen LogP contribution in [0.25, 0.3) is 0 Å². The van der Waals surface area contributed by atoms with Crippen LogP contribution in [0, 0.1) is 0 Å². The van der Waals surface area contributed by atoms with Gasteiger partial charge in [-0.3, -0.25) is 4.79 Å². The first-order chi connectivity index (χ1) is 15.5. The molecule has 0 heterocycles. The van der Waals surface area contributed by atoms with Crippen molar-refractivity contribution in [3.05, 3.63) is 83.4 Å². The monoisotopic (exact) mass is 434 g/mol. The van der Waals surface area contributed by atoms with Gasteiger partial charge in [0.2, 0.25) is 0 Å². The minimum Gasteiger partial charge on any atom is -0.508 e. The molecule has 0 aliphatic heterocycles. The zero-order valence-electron chi connectivity index (χ0n) is 17.3. The molecule has 0 radical (unpaired) electrons. The Morgan fingerprint density at radius 1 is 0.969 bits per heavy atom. The lowest BCUT2D eigenvalue weighted by Crippen LogP contribution is -2.17. The molecule has 0 bridgehead atoms. The average Bonchev–Trinajstić information content (AvgIpc) is 2.79. The number of benzene rings is 3. The minimum absolute atomic E-state index is 0.0211. The van der Waals surface area contributed by atoms with Crippen LogP contribution in [0.5, 0.6) is 23.0 Å². The van der Waals surface area contributed by atoms with E-state index in [0.717, 1.165) is 12.5 Å². The van der Waals surface area contributed by atoms with Crippen molar-refractivity contribution in [3.8, 4) is 23.0 Å². The van der Waals surface area contributed by atoms with Crippen molar-refractivity contribution in [1.29, 1.82) is 0 Å². The summed E-state index contributed by atoms with van der Waals surface area (Å²) in [5.74, 6) is -0.575. The summed E-state index contributed by atoms with van der Waals surface area (Å²) in [6.45, 7) is 2.63. The number of phenols is 2. The Kier molecular flexibility index (Phi) is 7.42. The maximum Gasteiger partial charge on any atom is 0.343 e. The van der Waals surface area contributed by atoms with Gasteiger partial charge in [-0.1, -0.05) is 6.92 Å². The van der Waals surface area contributed by atoms with Crippen molar-refractivity contribution in [2.75, 3.05) is 6.61 Å². The van der Waals surface area contributed by atoms with Crippen molar-refractivity contribution >= 4 is 18.1 Å². The van der Waals surface area contributed by atoms with E-state index in [9.17, 15) is 19.8 Å². The number of nitrogens with one attached hydrogen (secondary N) is 1.